The molecule has 1 fully saturated rings. The summed E-state index contributed by atoms with van der Waals surface area (Å²) in [5.41, 5.74) is 0.0334. The first kappa shape index (κ1) is 14.9. The summed E-state index contributed by atoms with van der Waals surface area (Å²) < 4.78 is 14.1. The molecule has 1 heterocycles. The summed E-state index contributed by atoms with van der Waals surface area (Å²) in [5.74, 6) is -1.81. The van der Waals surface area contributed by atoms with E-state index in [1.54, 1.807) is 15.9 Å². The van der Waals surface area contributed by atoms with Crippen molar-refractivity contribution in [1.29, 1.82) is 0 Å². The number of nitrogens with zero attached hydrogens (tertiary/aromatic N) is 2. The molecule has 0 spiro atoms. The van der Waals surface area contributed by atoms with Crippen LogP contribution in [0.25, 0.3) is 0 Å². The second-order valence-electron chi connectivity index (χ2n) is 4.56. The molecule has 0 atom stereocenters. The zero-order valence-electron chi connectivity index (χ0n) is 10.7. The van der Waals surface area contributed by atoms with E-state index in [1.807, 2.05) is 0 Å². The van der Waals surface area contributed by atoms with Crippen molar-refractivity contribution >= 4 is 27.8 Å². The third kappa shape index (κ3) is 3.34. The van der Waals surface area contributed by atoms with Gasteiger partial charge in [-0.05, 0) is 28.1 Å². The zero-order valence-corrected chi connectivity index (χ0v) is 12.3. The van der Waals surface area contributed by atoms with Gasteiger partial charge in [0.05, 0.1) is 16.6 Å². The van der Waals surface area contributed by atoms with Crippen molar-refractivity contribution < 1.29 is 19.1 Å². The third-order valence-electron chi connectivity index (χ3n) is 3.20. The highest BCUT2D eigenvalue weighted by atomic mass is 79.9. The minimum Gasteiger partial charge on any atom is -0.480 e. The molecule has 1 N–H and O–H groups in total. The molecule has 0 aromatic heterocycles. The first-order valence-electron chi connectivity index (χ1n) is 6.16. The Kier molecular flexibility index (Phi) is 4.72. The molecule has 1 aromatic rings. The standard InChI is InChI=1S/C13H14BrFN2O3/c14-10-3-1-2-9(12(10)15)13(20)17-6-4-16(5-7-17)8-11(18)19/h1-3H,4-8H2,(H,18,19). The summed E-state index contributed by atoms with van der Waals surface area (Å²) in [5, 5.41) is 8.71. The molecule has 1 amide bonds. The molecule has 1 aliphatic rings. The molecule has 7 heteroatoms. The van der Waals surface area contributed by atoms with Crippen LogP contribution in [0.4, 0.5) is 4.39 Å². The van der Waals surface area contributed by atoms with Crippen LogP contribution in [-0.4, -0.2) is 59.5 Å². The van der Waals surface area contributed by atoms with E-state index < -0.39 is 11.8 Å². The maximum absolute atomic E-state index is 13.9. The molecule has 0 saturated carbocycles. The van der Waals surface area contributed by atoms with E-state index in [2.05, 4.69) is 15.9 Å². The fraction of sp³-hybridized carbons (Fsp3) is 0.385. The van der Waals surface area contributed by atoms with Crippen LogP contribution >= 0.6 is 15.9 Å². The van der Waals surface area contributed by atoms with Gasteiger partial charge in [0.2, 0.25) is 0 Å². The van der Waals surface area contributed by atoms with Crippen LogP contribution in [0, 0.1) is 5.82 Å². The molecule has 1 aromatic carbocycles. The van der Waals surface area contributed by atoms with Gasteiger partial charge in [0, 0.05) is 26.2 Å². The summed E-state index contributed by atoms with van der Waals surface area (Å²) in [6.45, 7) is 1.73. The van der Waals surface area contributed by atoms with E-state index in [4.69, 9.17) is 5.11 Å². The number of hydrogen-bond donors (Lipinski definition) is 1. The Hall–Kier alpha value is -1.47. The highest BCUT2D eigenvalue weighted by Gasteiger charge is 2.25. The van der Waals surface area contributed by atoms with Crippen LogP contribution in [0.3, 0.4) is 0 Å². The second-order valence-corrected chi connectivity index (χ2v) is 5.42. The summed E-state index contributed by atoms with van der Waals surface area (Å²) >= 11 is 3.06. The minimum absolute atomic E-state index is 0.0334. The lowest BCUT2D eigenvalue weighted by Crippen LogP contribution is -2.50. The highest BCUT2D eigenvalue weighted by Crippen LogP contribution is 2.20. The predicted molar refractivity (Wildman–Crippen MR) is 74.1 cm³/mol. The molecule has 1 aliphatic heterocycles. The average Bonchev–Trinajstić information content (AvgIpc) is 2.41. The van der Waals surface area contributed by atoms with Gasteiger partial charge in [-0.2, -0.15) is 0 Å². The Balaban J connectivity index is 2.02. The van der Waals surface area contributed by atoms with Gasteiger partial charge in [-0.1, -0.05) is 6.07 Å². The first-order valence-corrected chi connectivity index (χ1v) is 6.96. The maximum atomic E-state index is 13.9. The van der Waals surface area contributed by atoms with E-state index in [-0.39, 0.29) is 22.5 Å². The van der Waals surface area contributed by atoms with E-state index in [1.165, 1.54) is 12.1 Å². The molecule has 0 radical (unpaired) electrons. The van der Waals surface area contributed by atoms with Crippen molar-refractivity contribution in [3.05, 3.63) is 34.1 Å². The monoisotopic (exact) mass is 344 g/mol. The summed E-state index contributed by atoms with van der Waals surface area (Å²) in [6, 6.07) is 4.60. The van der Waals surface area contributed by atoms with Gasteiger partial charge in [-0.15, -0.1) is 0 Å². The second kappa shape index (κ2) is 6.32. The van der Waals surface area contributed by atoms with E-state index in [9.17, 15) is 14.0 Å². The number of rotatable bonds is 3. The van der Waals surface area contributed by atoms with Gasteiger partial charge >= 0.3 is 5.97 Å². The number of carbonyl (C=O) groups excluding carboxylic acids is 1. The molecule has 0 aliphatic carbocycles. The van der Waals surface area contributed by atoms with Crippen molar-refractivity contribution in [2.45, 2.75) is 0 Å². The highest BCUT2D eigenvalue weighted by molar-refractivity contribution is 9.10. The number of carbonyl (C=O) groups is 2. The van der Waals surface area contributed by atoms with Crippen LogP contribution in [-0.2, 0) is 4.79 Å². The van der Waals surface area contributed by atoms with Crippen molar-refractivity contribution in [3.8, 4) is 0 Å². The summed E-state index contributed by atoms with van der Waals surface area (Å²) in [6.07, 6.45) is 0. The van der Waals surface area contributed by atoms with Crippen LogP contribution in [0.5, 0.6) is 0 Å². The molecule has 108 valence electrons. The van der Waals surface area contributed by atoms with Crippen LogP contribution in [0.1, 0.15) is 10.4 Å². The van der Waals surface area contributed by atoms with Crippen molar-refractivity contribution in [3.63, 3.8) is 0 Å². The smallest absolute Gasteiger partial charge is 0.317 e. The molecule has 1 saturated heterocycles. The van der Waals surface area contributed by atoms with Crippen molar-refractivity contribution in [1.82, 2.24) is 9.80 Å². The van der Waals surface area contributed by atoms with Crippen molar-refractivity contribution in [2.75, 3.05) is 32.7 Å². The minimum atomic E-state index is -0.886. The maximum Gasteiger partial charge on any atom is 0.317 e. The number of hydrogen-bond acceptors (Lipinski definition) is 3. The van der Waals surface area contributed by atoms with Gasteiger partial charge in [-0.25, -0.2) is 4.39 Å². The number of carboxylic acids is 1. The van der Waals surface area contributed by atoms with Crippen LogP contribution < -0.4 is 0 Å². The average molecular weight is 345 g/mol. The quantitative estimate of drug-likeness (QED) is 0.901. The Morgan fingerprint density at radius 2 is 1.90 bits per heavy atom. The van der Waals surface area contributed by atoms with Crippen LogP contribution in [0.2, 0.25) is 0 Å². The fourth-order valence-electron chi connectivity index (χ4n) is 2.14. The van der Waals surface area contributed by atoms with E-state index in [0.717, 1.165) is 0 Å². The predicted octanol–water partition coefficient (Wildman–Crippen LogP) is 1.43. The van der Waals surface area contributed by atoms with Gasteiger partial charge in [0.25, 0.3) is 5.91 Å². The molecular weight excluding hydrogens is 331 g/mol. The van der Waals surface area contributed by atoms with E-state index in [0.29, 0.717) is 26.2 Å². The van der Waals surface area contributed by atoms with Gasteiger partial charge in [0.15, 0.2) is 0 Å². The molecule has 0 bridgehead atoms. The van der Waals surface area contributed by atoms with Crippen LogP contribution in [0.15, 0.2) is 22.7 Å². The van der Waals surface area contributed by atoms with Gasteiger partial charge < -0.3 is 10.0 Å². The Labute approximate surface area is 124 Å². The number of benzene rings is 1. The summed E-state index contributed by atoms with van der Waals surface area (Å²) in [4.78, 5) is 26.1. The molecular formula is C13H14BrFN2O3. The number of carboxylic acid groups (broad SMARTS) is 1. The van der Waals surface area contributed by atoms with Gasteiger partial charge in [-0.3, -0.25) is 14.5 Å². The number of piperazine rings is 1. The third-order valence-corrected chi connectivity index (χ3v) is 3.81. The Bertz CT molecular complexity index is 530. The van der Waals surface area contributed by atoms with E-state index >= 15 is 0 Å². The lowest BCUT2D eigenvalue weighted by Gasteiger charge is -2.33. The number of halogens is 2. The summed E-state index contributed by atoms with van der Waals surface area (Å²) in [7, 11) is 0. The fourth-order valence-corrected chi connectivity index (χ4v) is 2.51. The Morgan fingerprint density at radius 3 is 2.50 bits per heavy atom. The molecule has 0 unspecified atom stereocenters. The first-order chi connectivity index (χ1) is 9.49. The number of amides is 1. The van der Waals surface area contributed by atoms with Crippen molar-refractivity contribution in [2.24, 2.45) is 0 Å². The normalized spacial score (nSPS) is 16.2. The largest absolute Gasteiger partial charge is 0.480 e. The zero-order chi connectivity index (χ0) is 14.7. The lowest BCUT2D eigenvalue weighted by atomic mass is 10.1. The molecule has 5 nitrogen and oxygen atoms in total. The topological polar surface area (TPSA) is 60.9 Å². The molecule has 2 rings (SSSR count). The lowest BCUT2D eigenvalue weighted by molar-refractivity contribution is -0.138. The SMILES string of the molecule is O=C(O)CN1CCN(C(=O)c2cccc(Br)c2F)CC1. The number of aliphatic carboxylic acids is 1. The molecule has 20 heavy (non-hydrogen) atoms. The van der Waals surface area contributed by atoms with Gasteiger partial charge in [0.1, 0.15) is 5.82 Å². The Morgan fingerprint density at radius 1 is 1.25 bits per heavy atom.